The fraction of sp³-hybridized carbons (Fsp3) is 0.500. The third-order valence-electron chi connectivity index (χ3n) is 3.39. The maximum absolute atomic E-state index is 10.9. The van der Waals surface area contributed by atoms with Crippen molar-refractivity contribution in [1.82, 2.24) is 0 Å². The SMILES string of the molecule is CC/C=C/C/C=C/C/C=C/C/C=C/C/C=C/CCCCC(=O)OC. The summed E-state index contributed by atoms with van der Waals surface area (Å²) in [4.78, 5) is 10.9. The standard InChI is InChI=1S/C22H34O2/c1-3-4-5-6-7-8-9-10-11-12-13-14-15-16-17-18-19-20-21-22(23)24-2/h4-5,7-8,10-11,13-14,16-17H,3,6,9,12,15,18-21H2,1-2H3/b5-4+,8-7+,11-10+,14-13+,17-16+. The van der Waals surface area contributed by atoms with Gasteiger partial charge in [0.2, 0.25) is 0 Å². The van der Waals surface area contributed by atoms with Crippen LogP contribution in [0.15, 0.2) is 60.8 Å². The van der Waals surface area contributed by atoms with E-state index in [-0.39, 0.29) is 5.97 Å². The second-order valence-corrected chi connectivity index (χ2v) is 5.53. The highest BCUT2D eigenvalue weighted by molar-refractivity contribution is 5.68. The molecule has 0 aliphatic carbocycles. The van der Waals surface area contributed by atoms with Crippen LogP contribution >= 0.6 is 0 Å². The van der Waals surface area contributed by atoms with Crippen LogP contribution in [0.4, 0.5) is 0 Å². The van der Waals surface area contributed by atoms with Gasteiger partial charge in [0.1, 0.15) is 0 Å². The van der Waals surface area contributed by atoms with Crippen LogP contribution in [0.3, 0.4) is 0 Å². The van der Waals surface area contributed by atoms with Gasteiger partial charge in [0.25, 0.3) is 0 Å². The predicted molar refractivity (Wildman–Crippen MR) is 105 cm³/mol. The molecule has 0 rings (SSSR count). The predicted octanol–water partition coefficient (Wildman–Crippen LogP) is 6.47. The number of ether oxygens (including phenoxy) is 1. The fourth-order valence-corrected chi connectivity index (χ4v) is 2.00. The van der Waals surface area contributed by atoms with E-state index in [0.29, 0.717) is 6.42 Å². The summed E-state index contributed by atoms with van der Waals surface area (Å²) < 4.78 is 4.61. The van der Waals surface area contributed by atoms with E-state index >= 15 is 0 Å². The van der Waals surface area contributed by atoms with Crippen LogP contribution in [0.5, 0.6) is 0 Å². The van der Waals surface area contributed by atoms with E-state index in [2.05, 4.69) is 72.4 Å². The van der Waals surface area contributed by atoms with Gasteiger partial charge >= 0.3 is 5.97 Å². The van der Waals surface area contributed by atoms with Crippen molar-refractivity contribution in [3.8, 4) is 0 Å². The zero-order chi connectivity index (χ0) is 17.7. The lowest BCUT2D eigenvalue weighted by molar-refractivity contribution is -0.140. The summed E-state index contributed by atoms with van der Waals surface area (Å²) in [6.45, 7) is 2.15. The van der Waals surface area contributed by atoms with Gasteiger partial charge in [-0.3, -0.25) is 4.79 Å². The summed E-state index contributed by atoms with van der Waals surface area (Å²) in [6.07, 6.45) is 30.7. The number of esters is 1. The van der Waals surface area contributed by atoms with Gasteiger partial charge in [0.05, 0.1) is 7.11 Å². The van der Waals surface area contributed by atoms with Gasteiger partial charge < -0.3 is 4.74 Å². The van der Waals surface area contributed by atoms with Gasteiger partial charge in [-0.05, 0) is 51.4 Å². The molecule has 24 heavy (non-hydrogen) atoms. The molecule has 0 N–H and O–H groups in total. The lowest BCUT2D eigenvalue weighted by atomic mass is 10.2. The van der Waals surface area contributed by atoms with Gasteiger partial charge in [-0.15, -0.1) is 0 Å². The van der Waals surface area contributed by atoms with E-state index in [9.17, 15) is 4.79 Å². The van der Waals surface area contributed by atoms with Gasteiger partial charge in [0.15, 0.2) is 0 Å². The molecule has 2 nitrogen and oxygen atoms in total. The van der Waals surface area contributed by atoms with Crippen molar-refractivity contribution < 1.29 is 9.53 Å². The Balaban J connectivity index is 3.45. The average molecular weight is 331 g/mol. The molecule has 0 heterocycles. The number of methoxy groups -OCH3 is 1. The largest absolute Gasteiger partial charge is 0.469 e. The summed E-state index contributed by atoms with van der Waals surface area (Å²) in [6, 6.07) is 0. The Morgan fingerprint density at radius 2 is 1.17 bits per heavy atom. The topological polar surface area (TPSA) is 26.3 Å². The number of hydrogen-bond acceptors (Lipinski definition) is 2. The van der Waals surface area contributed by atoms with Gasteiger partial charge in [-0.1, -0.05) is 67.7 Å². The second kappa shape index (κ2) is 19.2. The number of carbonyl (C=O) groups is 1. The van der Waals surface area contributed by atoms with E-state index in [1.807, 2.05) is 0 Å². The molecule has 0 aromatic carbocycles. The van der Waals surface area contributed by atoms with Gasteiger partial charge in [-0.2, -0.15) is 0 Å². The fourth-order valence-electron chi connectivity index (χ4n) is 2.00. The van der Waals surface area contributed by atoms with E-state index in [0.717, 1.165) is 51.4 Å². The first-order chi connectivity index (χ1) is 11.8. The summed E-state index contributed by atoms with van der Waals surface area (Å²) in [5.41, 5.74) is 0. The Morgan fingerprint density at radius 1 is 0.708 bits per heavy atom. The van der Waals surface area contributed by atoms with Crippen molar-refractivity contribution in [3.05, 3.63) is 60.8 Å². The summed E-state index contributed by atoms with van der Waals surface area (Å²) in [7, 11) is 1.44. The second-order valence-electron chi connectivity index (χ2n) is 5.53. The molecule has 0 aliphatic heterocycles. The maximum Gasteiger partial charge on any atom is 0.305 e. The van der Waals surface area contributed by atoms with Crippen LogP contribution in [0.2, 0.25) is 0 Å². The van der Waals surface area contributed by atoms with Crippen molar-refractivity contribution in [1.29, 1.82) is 0 Å². The van der Waals surface area contributed by atoms with Gasteiger partial charge in [0, 0.05) is 6.42 Å². The van der Waals surface area contributed by atoms with E-state index in [1.54, 1.807) is 0 Å². The van der Waals surface area contributed by atoms with Gasteiger partial charge in [-0.25, -0.2) is 0 Å². The molecule has 0 fully saturated rings. The van der Waals surface area contributed by atoms with Crippen LogP contribution in [-0.2, 0) is 9.53 Å². The third-order valence-corrected chi connectivity index (χ3v) is 3.39. The monoisotopic (exact) mass is 330 g/mol. The minimum Gasteiger partial charge on any atom is -0.469 e. The molecule has 2 heteroatoms. The molecule has 0 spiro atoms. The quantitative estimate of drug-likeness (QED) is 0.207. The lowest BCUT2D eigenvalue weighted by Gasteiger charge is -1.96. The van der Waals surface area contributed by atoms with Crippen LogP contribution in [0, 0.1) is 0 Å². The highest BCUT2D eigenvalue weighted by Crippen LogP contribution is 2.02. The molecule has 0 unspecified atom stereocenters. The summed E-state index contributed by atoms with van der Waals surface area (Å²) >= 11 is 0. The minimum atomic E-state index is -0.112. The minimum absolute atomic E-state index is 0.112. The smallest absolute Gasteiger partial charge is 0.305 e. The molecule has 134 valence electrons. The molecule has 0 atom stereocenters. The molecule has 0 radical (unpaired) electrons. The van der Waals surface area contributed by atoms with E-state index in [4.69, 9.17) is 0 Å². The molecule has 0 aromatic rings. The van der Waals surface area contributed by atoms with Crippen molar-refractivity contribution in [2.45, 2.75) is 64.7 Å². The zero-order valence-electron chi connectivity index (χ0n) is 15.5. The zero-order valence-corrected chi connectivity index (χ0v) is 15.5. The molecule has 0 aromatic heterocycles. The number of hydrogen-bond donors (Lipinski definition) is 0. The highest BCUT2D eigenvalue weighted by atomic mass is 16.5. The molecule has 0 saturated carbocycles. The van der Waals surface area contributed by atoms with Crippen LogP contribution in [-0.4, -0.2) is 13.1 Å². The number of rotatable bonds is 14. The van der Waals surface area contributed by atoms with Crippen molar-refractivity contribution in [2.24, 2.45) is 0 Å². The van der Waals surface area contributed by atoms with Crippen LogP contribution in [0.25, 0.3) is 0 Å². The molecule has 0 aliphatic rings. The first kappa shape index (κ1) is 22.2. The molecule has 0 bridgehead atoms. The summed E-state index contributed by atoms with van der Waals surface area (Å²) in [5, 5.41) is 0. The Hall–Kier alpha value is -1.83. The first-order valence-corrected chi connectivity index (χ1v) is 9.13. The first-order valence-electron chi connectivity index (χ1n) is 9.13. The average Bonchev–Trinajstić information content (AvgIpc) is 2.60. The maximum atomic E-state index is 10.9. The Labute approximate surface area is 148 Å². The Morgan fingerprint density at radius 3 is 1.62 bits per heavy atom. The third kappa shape index (κ3) is 18.2. The normalized spacial score (nSPS) is 12.6. The number of allylic oxidation sites excluding steroid dienone is 10. The van der Waals surface area contributed by atoms with Crippen molar-refractivity contribution >= 4 is 5.97 Å². The Bertz CT molecular complexity index is 425. The summed E-state index contributed by atoms with van der Waals surface area (Å²) in [5.74, 6) is -0.112. The Kier molecular flexibility index (Phi) is 17.8. The lowest BCUT2D eigenvalue weighted by Crippen LogP contribution is -1.98. The molecule has 0 amide bonds. The molecule has 0 saturated heterocycles. The molecular weight excluding hydrogens is 296 g/mol. The highest BCUT2D eigenvalue weighted by Gasteiger charge is 1.97. The van der Waals surface area contributed by atoms with Crippen molar-refractivity contribution in [3.63, 3.8) is 0 Å². The number of unbranched alkanes of at least 4 members (excludes halogenated alkanes) is 2. The van der Waals surface area contributed by atoms with Crippen molar-refractivity contribution in [2.75, 3.05) is 7.11 Å². The molecular formula is C22H34O2. The van der Waals surface area contributed by atoms with Crippen LogP contribution < -0.4 is 0 Å². The van der Waals surface area contributed by atoms with E-state index in [1.165, 1.54) is 7.11 Å². The number of carbonyl (C=O) groups excluding carboxylic acids is 1. The van der Waals surface area contributed by atoms with E-state index < -0.39 is 0 Å². The van der Waals surface area contributed by atoms with Crippen LogP contribution in [0.1, 0.15) is 64.7 Å².